The van der Waals surface area contributed by atoms with Gasteiger partial charge in [-0.2, -0.15) is 0 Å². The van der Waals surface area contributed by atoms with Crippen molar-refractivity contribution in [2.75, 3.05) is 26.4 Å². The van der Waals surface area contributed by atoms with Crippen molar-refractivity contribution in [3.63, 3.8) is 0 Å². The number of rotatable bonds is 10. The van der Waals surface area contributed by atoms with E-state index in [2.05, 4.69) is 11.9 Å². The molecule has 2 rings (SSSR count). The van der Waals surface area contributed by atoms with Gasteiger partial charge in [0.1, 0.15) is 13.2 Å². The fourth-order valence-corrected chi connectivity index (χ4v) is 2.46. The van der Waals surface area contributed by atoms with Crippen LogP contribution in [-0.4, -0.2) is 49.8 Å². The summed E-state index contributed by atoms with van der Waals surface area (Å²) in [4.78, 5) is 23.5. The summed E-state index contributed by atoms with van der Waals surface area (Å²) in [6.07, 6.45) is -1.56. The number of hydrogen-bond donors (Lipinski definition) is 2. The lowest BCUT2D eigenvalue weighted by atomic mass is 10.0. The van der Waals surface area contributed by atoms with Crippen LogP contribution < -0.4 is 5.32 Å². The Morgan fingerprint density at radius 1 is 1.07 bits per heavy atom. The Hall–Kier alpha value is -2.90. The molecule has 2 aromatic carbocycles. The van der Waals surface area contributed by atoms with E-state index in [4.69, 9.17) is 14.2 Å². The number of aliphatic hydroxyl groups is 1. The largest absolute Gasteiger partial charge is 0.462 e. The first-order valence-electron chi connectivity index (χ1n) is 8.95. The molecule has 0 heterocycles. The second kappa shape index (κ2) is 11.1. The van der Waals surface area contributed by atoms with E-state index in [0.29, 0.717) is 5.57 Å². The Morgan fingerprint density at radius 2 is 1.79 bits per heavy atom. The molecule has 0 aliphatic rings. The van der Waals surface area contributed by atoms with Crippen molar-refractivity contribution < 1.29 is 28.9 Å². The van der Waals surface area contributed by atoms with Gasteiger partial charge in [0, 0.05) is 6.54 Å². The average molecular weight is 387 g/mol. The molecular formula is C21H25NO6. The molecule has 0 radical (unpaired) electrons. The van der Waals surface area contributed by atoms with Gasteiger partial charge in [-0.1, -0.05) is 49.0 Å². The van der Waals surface area contributed by atoms with E-state index < -0.39 is 12.4 Å². The van der Waals surface area contributed by atoms with Crippen LogP contribution in [0.1, 0.15) is 12.5 Å². The molecule has 7 heteroatoms. The molecule has 0 aromatic heterocycles. The van der Waals surface area contributed by atoms with Crippen LogP contribution in [0.5, 0.6) is 0 Å². The molecule has 0 fully saturated rings. The van der Waals surface area contributed by atoms with E-state index in [0.717, 1.165) is 16.3 Å². The number of hydrogen-bond acceptors (Lipinski definition) is 6. The molecule has 28 heavy (non-hydrogen) atoms. The summed E-state index contributed by atoms with van der Waals surface area (Å²) >= 11 is 0. The molecular weight excluding hydrogens is 362 g/mol. The molecule has 0 aliphatic carbocycles. The molecule has 1 atom stereocenters. The van der Waals surface area contributed by atoms with Gasteiger partial charge in [0.25, 0.3) is 0 Å². The average Bonchev–Trinajstić information content (AvgIpc) is 2.68. The second-order valence-electron chi connectivity index (χ2n) is 6.17. The zero-order chi connectivity index (χ0) is 20.4. The van der Waals surface area contributed by atoms with Gasteiger partial charge in [-0.3, -0.25) is 4.79 Å². The van der Waals surface area contributed by atoms with Crippen LogP contribution in [0, 0.1) is 0 Å². The Kier molecular flexibility index (Phi) is 8.45. The molecule has 0 bridgehead atoms. The highest BCUT2D eigenvalue weighted by molar-refractivity contribution is 5.88. The maximum atomic E-state index is 12.0. The molecule has 0 spiro atoms. The van der Waals surface area contributed by atoms with E-state index in [9.17, 15) is 14.7 Å². The Bertz CT molecular complexity index is 814. The molecule has 2 aromatic rings. The number of fused-ring (bicyclic) bond motifs is 1. The summed E-state index contributed by atoms with van der Waals surface area (Å²) in [7, 11) is 0. The highest BCUT2D eigenvalue weighted by atomic mass is 16.6. The van der Waals surface area contributed by atoms with Crippen LogP contribution in [0.2, 0.25) is 0 Å². The van der Waals surface area contributed by atoms with Crippen molar-refractivity contribution in [2.45, 2.75) is 19.6 Å². The lowest BCUT2D eigenvalue weighted by Gasteiger charge is -2.12. The third kappa shape index (κ3) is 7.02. The molecule has 1 amide bonds. The normalized spacial score (nSPS) is 11.6. The van der Waals surface area contributed by atoms with Crippen molar-refractivity contribution in [1.82, 2.24) is 5.32 Å². The Balaban J connectivity index is 1.62. The molecule has 0 saturated carbocycles. The summed E-state index contributed by atoms with van der Waals surface area (Å²) in [5.41, 5.74) is 1.37. The van der Waals surface area contributed by atoms with Crippen molar-refractivity contribution in [3.05, 3.63) is 60.2 Å². The lowest BCUT2D eigenvalue weighted by Crippen LogP contribution is -2.30. The molecule has 2 N–H and O–H groups in total. The predicted molar refractivity (Wildman–Crippen MR) is 105 cm³/mol. The van der Waals surface area contributed by atoms with Crippen molar-refractivity contribution >= 4 is 22.8 Å². The molecule has 150 valence electrons. The lowest BCUT2D eigenvalue weighted by molar-refractivity contribution is -0.143. The molecule has 0 aliphatic heterocycles. The van der Waals surface area contributed by atoms with Crippen LogP contribution in [0.25, 0.3) is 10.8 Å². The highest BCUT2D eigenvalue weighted by Gasteiger charge is 2.09. The van der Waals surface area contributed by atoms with Gasteiger partial charge in [-0.15, -0.1) is 0 Å². The van der Waals surface area contributed by atoms with Crippen LogP contribution in [0.3, 0.4) is 0 Å². The number of benzene rings is 2. The first kappa shape index (κ1) is 21.4. The van der Waals surface area contributed by atoms with Crippen molar-refractivity contribution in [3.8, 4) is 0 Å². The van der Waals surface area contributed by atoms with Crippen LogP contribution in [-0.2, 0) is 25.4 Å². The van der Waals surface area contributed by atoms with E-state index in [-0.39, 0.29) is 38.8 Å². The fraction of sp³-hybridized carbons (Fsp3) is 0.333. The van der Waals surface area contributed by atoms with E-state index in [1.165, 1.54) is 0 Å². The first-order chi connectivity index (χ1) is 13.5. The maximum Gasteiger partial charge on any atom is 0.407 e. The van der Waals surface area contributed by atoms with Gasteiger partial charge in [0.15, 0.2) is 6.29 Å². The Labute approximate surface area is 163 Å². The minimum atomic E-state index is -1.06. The third-order valence-electron chi connectivity index (χ3n) is 3.86. The zero-order valence-corrected chi connectivity index (χ0v) is 15.8. The number of alkyl carbamates (subject to hydrolysis) is 1. The van der Waals surface area contributed by atoms with E-state index in [1.54, 1.807) is 6.92 Å². The second-order valence-corrected chi connectivity index (χ2v) is 6.17. The minimum absolute atomic E-state index is 0.0259. The van der Waals surface area contributed by atoms with Crippen molar-refractivity contribution in [1.29, 1.82) is 0 Å². The predicted octanol–water partition coefficient (Wildman–Crippen LogP) is 2.56. The number of amides is 1. The first-order valence-corrected chi connectivity index (χ1v) is 8.95. The number of nitrogens with one attached hydrogen (secondary N) is 1. The monoisotopic (exact) mass is 387 g/mol. The van der Waals surface area contributed by atoms with Crippen LogP contribution >= 0.6 is 0 Å². The van der Waals surface area contributed by atoms with Crippen LogP contribution in [0.4, 0.5) is 4.79 Å². The van der Waals surface area contributed by atoms with Crippen LogP contribution in [0.15, 0.2) is 54.6 Å². The van der Waals surface area contributed by atoms with Gasteiger partial charge in [-0.25, -0.2) is 4.79 Å². The van der Waals surface area contributed by atoms with Gasteiger partial charge in [0.05, 0.1) is 13.0 Å². The molecule has 7 nitrogen and oxygen atoms in total. The van der Waals surface area contributed by atoms with Gasteiger partial charge >= 0.3 is 12.1 Å². The van der Waals surface area contributed by atoms with E-state index in [1.807, 2.05) is 42.5 Å². The minimum Gasteiger partial charge on any atom is -0.462 e. The zero-order valence-electron chi connectivity index (χ0n) is 15.8. The standard InChI is InChI=1S/C21H25NO6/c1-15(2)20(24)27-11-10-22-21(25)28-13-12-26-19(23)14-17-8-5-7-16-6-3-4-9-18(16)17/h3-9,20,24H,1,10-14H2,2H3,(H,22,25). The maximum absolute atomic E-state index is 12.0. The molecule has 1 unspecified atom stereocenters. The summed E-state index contributed by atoms with van der Waals surface area (Å²) in [6.45, 7) is 5.38. The van der Waals surface area contributed by atoms with E-state index >= 15 is 0 Å². The SMILES string of the molecule is C=C(C)C(O)OCCNC(=O)OCCOC(=O)Cc1cccc2ccccc12. The van der Waals surface area contributed by atoms with Gasteiger partial charge < -0.3 is 24.6 Å². The number of ether oxygens (including phenoxy) is 3. The fourth-order valence-electron chi connectivity index (χ4n) is 2.46. The summed E-state index contributed by atoms with van der Waals surface area (Å²) in [6, 6.07) is 13.6. The van der Waals surface area contributed by atoms with Crippen molar-refractivity contribution in [2.24, 2.45) is 0 Å². The quantitative estimate of drug-likeness (QED) is 0.282. The van der Waals surface area contributed by atoms with Gasteiger partial charge in [-0.05, 0) is 28.8 Å². The number of carbonyl (C=O) groups is 2. The summed E-state index contributed by atoms with van der Waals surface area (Å²) in [5, 5.41) is 13.9. The summed E-state index contributed by atoms with van der Waals surface area (Å²) in [5.74, 6) is -0.387. The smallest absolute Gasteiger partial charge is 0.407 e. The topological polar surface area (TPSA) is 94.1 Å². The Morgan fingerprint density at radius 3 is 2.57 bits per heavy atom. The number of aliphatic hydroxyl groups excluding tert-OH is 1. The number of esters is 1. The molecule has 0 saturated heterocycles. The van der Waals surface area contributed by atoms with Gasteiger partial charge in [0.2, 0.25) is 0 Å². The third-order valence-corrected chi connectivity index (χ3v) is 3.86. The number of carbonyl (C=O) groups excluding carboxylic acids is 2. The summed E-state index contributed by atoms with van der Waals surface area (Å²) < 4.78 is 15.0. The highest BCUT2D eigenvalue weighted by Crippen LogP contribution is 2.19.